The Morgan fingerprint density at radius 1 is 1.25 bits per heavy atom. The molecule has 0 spiro atoms. The van der Waals surface area contributed by atoms with Crippen LogP contribution in [0.15, 0.2) is 36.4 Å². The third kappa shape index (κ3) is 3.65. The Morgan fingerprint density at radius 2 is 2.04 bits per heavy atom. The van der Waals surface area contributed by atoms with Crippen LogP contribution in [0.3, 0.4) is 0 Å². The van der Waals surface area contributed by atoms with Crippen molar-refractivity contribution in [3.8, 4) is 5.75 Å². The van der Waals surface area contributed by atoms with Gasteiger partial charge in [0.15, 0.2) is 11.6 Å². The summed E-state index contributed by atoms with van der Waals surface area (Å²) in [6, 6.07) is 10.1. The molecule has 1 N–H and O–H groups in total. The van der Waals surface area contributed by atoms with Gasteiger partial charge >= 0.3 is 0 Å². The zero-order chi connectivity index (χ0) is 17.3. The zero-order valence-electron chi connectivity index (χ0n) is 13.0. The van der Waals surface area contributed by atoms with Crippen LogP contribution in [0.4, 0.5) is 4.39 Å². The van der Waals surface area contributed by atoms with E-state index >= 15 is 0 Å². The first kappa shape index (κ1) is 17.1. The second kappa shape index (κ2) is 6.99. The summed E-state index contributed by atoms with van der Waals surface area (Å²) >= 11 is 11.9. The molecule has 6 heteroatoms. The van der Waals surface area contributed by atoms with Gasteiger partial charge in [-0.25, -0.2) is 4.39 Å². The average Bonchev–Trinajstić information content (AvgIpc) is 3.36. The fourth-order valence-electron chi connectivity index (χ4n) is 2.74. The number of amides is 1. The molecule has 1 aliphatic rings. The van der Waals surface area contributed by atoms with Crippen molar-refractivity contribution in [2.75, 3.05) is 7.11 Å². The van der Waals surface area contributed by atoms with Gasteiger partial charge in [-0.05, 0) is 47.7 Å². The van der Waals surface area contributed by atoms with Crippen molar-refractivity contribution in [3.05, 3.63) is 63.4 Å². The van der Waals surface area contributed by atoms with Crippen molar-refractivity contribution < 1.29 is 13.9 Å². The molecule has 0 heterocycles. The van der Waals surface area contributed by atoms with E-state index in [1.165, 1.54) is 13.2 Å². The molecule has 2 unspecified atom stereocenters. The zero-order valence-corrected chi connectivity index (χ0v) is 14.5. The van der Waals surface area contributed by atoms with E-state index < -0.39 is 5.82 Å². The predicted octanol–water partition coefficient (Wildman–Crippen LogP) is 4.56. The summed E-state index contributed by atoms with van der Waals surface area (Å²) in [4.78, 5) is 12.2. The van der Waals surface area contributed by atoms with Crippen molar-refractivity contribution >= 4 is 29.1 Å². The van der Waals surface area contributed by atoms with E-state index in [4.69, 9.17) is 27.9 Å². The Balaban J connectivity index is 1.57. The lowest BCUT2D eigenvalue weighted by molar-refractivity contribution is -0.122. The number of methoxy groups -OCH3 is 1. The molecular formula is C18H16Cl2FNO2. The van der Waals surface area contributed by atoms with E-state index in [9.17, 15) is 9.18 Å². The fraction of sp³-hybridized carbons (Fsp3) is 0.278. The number of hydrogen-bond donors (Lipinski definition) is 1. The number of carbonyl (C=O) groups is 1. The molecule has 1 aliphatic carbocycles. The number of hydrogen-bond acceptors (Lipinski definition) is 2. The molecule has 3 nitrogen and oxygen atoms in total. The Kier molecular flexibility index (Phi) is 4.97. The third-order valence-corrected chi connectivity index (χ3v) is 4.92. The lowest BCUT2D eigenvalue weighted by atomic mass is 10.1. The highest BCUT2D eigenvalue weighted by Gasteiger charge is 2.43. The number of ether oxygens (including phenoxy) is 1. The second-order valence-corrected chi connectivity index (χ2v) is 6.62. The molecule has 3 rings (SSSR count). The first-order valence-corrected chi connectivity index (χ1v) is 8.30. The topological polar surface area (TPSA) is 38.3 Å². The van der Waals surface area contributed by atoms with Gasteiger partial charge in [0.05, 0.1) is 17.2 Å². The van der Waals surface area contributed by atoms with Gasteiger partial charge in [-0.1, -0.05) is 35.3 Å². The summed E-state index contributed by atoms with van der Waals surface area (Å²) in [5, 5.41) is 3.84. The monoisotopic (exact) mass is 367 g/mol. The van der Waals surface area contributed by atoms with Crippen molar-refractivity contribution in [1.29, 1.82) is 0 Å². The molecule has 0 aromatic heterocycles. The van der Waals surface area contributed by atoms with Crippen LogP contribution < -0.4 is 10.1 Å². The standard InChI is InChI=1S/C18H16Cl2FNO2/c1-24-17-5-2-10(6-16(17)21)9-22-18(23)13-8-12(13)11-3-4-14(19)15(20)7-11/h2-7,12-13H,8-9H2,1H3,(H,22,23). The quantitative estimate of drug-likeness (QED) is 0.840. The van der Waals surface area contributed by atoms with E-state index in [1.54, 1.807) is 24.3 Å². The van der Waals surface area contributed by atoms with E-state index in [2.05, 4.69) is 5.32 Å². The van der Waals surface area contributed by atoms with Crippen molar-refractivity contribution in [1.82, 2.24) is 5.32 Å². The number of nitrogens with one attached hydrogen (secondary N) is 1. The van der Waals surface area contributed by atoms with Gasteiger partial charge in [0, 0.05) is 12.5 Å². The molecule has 1 saturated carbocycles. The lowest BCUT2D eigenvalue weighted by Crippen LogP contribution is -2.24. The Labute approximate surface area is 149 Å². The number of halogens is 3. The molecule has 24 heavy (non-hydrogen) atoms. The van der Waals surface area contributed by atoms with Crippen molar-refractivity contribution in [2.24, 2.45) is 5.92 Å². The highest BCUT2D eigenvalue weighted by Crippen LogP contribution is 2.48. The highest BCUT2D eigenvalue weighted by atomic mass is 35.5. The molecule has 0 radical (unpaired) electrons. The van der Waals surface area contributed by atoms with Crippen LogP contribution in [0.25, 0.3) is 0 Å². The summed E-state index contributed by atoms with van der Waals surface area (Å²) in [5.41, 5.74) is 1.70. The molecule has 2 aromatic rings. The van der Waals surface area contributed by atoms with Gasteiger partial charge in [0.1, 0.15) is 0 Å². The first-order valence-electron chi connectivity index (χ1n) is 7.54. The third-order valence-electron chi connectivity index (χ3n) is 4.18. The Hall–Kier alpha value is -1.78. The number of carbonyl (C=O) groups excluding carboxylic acids is 1. The smallest absolute Gasteiger partial charge is 0.224 e. The molecule has 0 bridgehead atoms. The molecule has 1 fully saturated rings. The van der Waals surface area contributed by atoms with Crippen LogP contribution in [0, 0.1) is 11.7 Å². The first-order chi connectivity index (χ1) is 11.5. The number of rotatable bonds is 5. The maximum absolute atomic E-state index is 13.6. The van der Waals surface area contributed by atoms with Gasteiger partial charge in [0.25, 0.3) is 0 Å². The molecule has 0 aliphatic heterocycles. The SMILES string of the molecule is COc1ccc(CNC(=O)C2CC2c2ccc(Cl)c(Cl)c2)cc1F. The van der Waals surface area contributed by atoms with E-state index in [-0.39, 0.29) is 30.0 Å². The van der Waals surface area contributed by atoms with Crippen molar-refractivity contribution in [2.45, 2.75) is 18.9 Å². The Bertz CT molecular complexity index is 782. The van der Waals surface area contributed by atoms with Gasteiger partial charge < -0.3 is 10.1 Å². The van der Waals surface area contributed by atoms with E-state index in [0.717, 1.165) is 12.0 Å². The minimum atomic E-state index is -0.440. The Morgan fingerprint density at radius 3 is 2.71 bits per heavy atom. The van der Waals surface area contributed by atoms with Crippen LogP contribution in [-0.2, 0) is 11.3 Å². The van der Waals surface area contributed by atoms with Crippen LogP contribution in [0.2, 0.25) is 10.0 Å². The van der Waals surface area contributed by atoms with Gasteiger partial charge in [0.2, 0.25) is 5.91 Å². The molecule has 1 amide bonds. The van der Waals surface area contributed by atoms with Gasteiger partial charge in [-0.3, -0.25) is 4.79 Å². The summed E-state index contributed by atoms with van der Waals surface area (Å²) in [6.07, 6.45) is 0.779. The minimum Gasteiger partial charge on any atom is -0.494 e. The summed E-state index contributed by atoms with van der Waals surface area (Å²) in [7, 11) is 1.41. The number of benzene rings is 2. The van der Waals surface area contributed by atoms with E-state index in [1.807, 2.05) is 6.07 Å². The predicted molar refractivity (Wildman–Crippen MR) is 92.1 cm³/mol. The van der Waals surface area contributed by atoms with Crippen LogP contribution in [0.1, 0.15) is 23.5 Å². The van der Waals surface area contributed by atoms with Crippen LogP contribution in [-0.4, -0.2) is 13.0 Å². The maximum atomic E-state index is 13.6. The molecular weight excluding hydrogens is 352 g/mol. The largest absolute Gasteiger partial charge is 0.494 e. The van der Waals surface area contributed by atoms with Crippen LogP contribution in [0.5, 0.6) is 5.75 Å². The highest BCUT2D eigenvalue weighted by molar-refractivity contribution is 6.42. The normalized spacial score (nSPS) is 19.0. The van der Waals surface area contributed by atoms with Crippen molar-refractivity contribution in [3.63, 3.8) is 0 Å². The fourth-order valence-corrected chi connectivity index (χ4v) is 3.04. The molecule has 2 atom stereocenters. The molecule has 0 saturated heterocycles. The second-order valence-electron chi connectivity index (χ2n) is 5.81. The van der Waals surface area contributed by atoms with Gasteiger partial charge in [-0.15, -0.1) is 0 Å². The summed E-state index contributed by atoms with van der Waals surface area (Å²) in [5.74, 6) is -0.212. The summed E-state index contributed by atoms with van der Waals surface area (Å²) < 4.78 is 18.5. The molecule has 126 valence electrons. The average molecular weight is 368 g/mol. The maximum Gasteiger partial charge on any atom is 0.224 e. The van der Waals surface area contributed by atoms with Gasteiger partial charge in [-0.2, -0.15) is 0 Å². The molecule has 2 aromatic carbocycles. The van der Waals surface area contributed by atoms with Crippen LogP contribution >= 0.6 is 23.2 Å². The van der Waals surface area contributed by atoms with E-state index in [0.29, 0.717) is 15.6 Å². The minimum absolute atomic E-state index is 0.0395. The lowest BCUT2D eigenvalue weighted by Gasteiger charge is -2.07. The summed E-state index contributed by atoms with van der Waals surface area (Å²) in [6.45, 7) is 0.282.